The van der Waals surface area contributed by atoms with Gasteiger partial charge in [0.25, 0.3) is 0 Å². The number of aromatic nitrogens is 3. The number of aromatic amines is 1. The summed E-state index contributed by atoms with van der Waals surface area (Å²) in [7, 11) is 0. The summed E-state index contributed by atoms with van der Waals surface area (Å²) in [6.07, 6.45) is 7.45. The molecule has 0 amide bonds. The molecule has 0 saturated carbocycles. The van der Waals surface area contributed by atoms with Crippen LogP contribution in [0.5, 0.6) is 0 Å². The van der Waals surface area contributed by atoms with Gasteiger partial charge in [0, 0.05) is 57.7 Å². The van der Waals surface area contributed by atoms with Crippen molar-refractivity contribution in [1.82, 2.24) is 15.0 Å². The molecule has 0 spiro atoms. The zero-order valence-electron chi connectivity index (χ0n) is 21.1. The summed E-state index contributed by atoms with van der Waals surface area (Å²) < 4.78 is 0. The molecule has 0 radical (unpaired) electrons. The molecule has 3 heterocycles. The fourth-order valence-electron chi connectivity index (χ4n) is 5.83. The Bertz CT molecular complexity index is 1960. The van der Waals surface area contributed by atoms with E-state index in [0.717, 1.165) is 22.2 Å². The third-order valence-electron chi connectivity index (χ3n) is 7.68. The van der Waals surface area contributed by atoms with Gasteiger partial charge in [-0.1, -0.05) is 60.7 Å². The van der Waals surface area contributed by atoms with Gasteiger partial charge in [0.1, 0.15) is 0 Å². The van der Waals surface area contributed by atoms with Gasteiger partial charge in [-0.25, -0.2) is 0 Å². The average molecular weight is 498 g/mol. The summed E-state index contributed by atoms with van der Waals surface area (Å²) in [5, 5.41) is 5.09. The Balaban J connectivity index is 1.26. The van der Waals surface area contributed by atoms with E-state index >= 15 is 0 Å². The first-order valence-electron chi connectivity index (χ1n) is 13.1. The molecule has 1 N–H and O–H groups in total. The van der Waals surface area contributed by atoms with Gasteiger partial charge in [-0.15, -0.1) is 0 Å². The number of nitrogens with zero attached hydrogens (tertiary/aromatic N) is 2. The van der Waals surface area contributed by atoms with Crippen molar-refractivity contribution < 1.29 is 0 Å². The van der Waals surface area contributed by atoms with E-state index in [4.69, 9.17) is 0 Å². The van der Waals surface area contributed by atoms with Gasteiger partial charge in [-0.2, -0.15) is 0 Å². The van der Waals surface area contributed by atoms with Crippen molar-refractivity contribution in [3.05, 3.63) is 134 Å². The number of hydrogen-bond acceptors (Lipinski definition) is 2. The van der Waals surface area contributed by atoms with E-state index in [1.807, 2.05) is 36.9 Å². The van der Waals surface area contributed by atoms with E-state index in [-0.39, 0.29) is 0 Å². The van der Waals surface area contributed by atoms with Crippen molar-refractivity contribution in [2.45, 2.75) is 0 Å². The molecule has 8 rings (SSSR count). The lowest BCUT2D eigenvalue weighted by atomic mass is 9.94. The minimum absolute atomic E-state index is 1.12. The van der Waals surface area contributed by atoms with Crippen LogP contribution in [-0.4, -0.2) is 15.0 Å². The van der Waals surface area contributed by atoms with Crippen molar-refractivity contribution >= 4 is 32.6 Å². The van der Waals surface area contributed by atoms with Crippen molar-refractivity contribution in [1.29, 1.82) is 0 Å². The molecule has 0 atom stereocenters. The molecule has 0 aliphatic rings. The Morgan fingerprint density at radius 3 is 1.26 bits per heavy atom. The number of hydrogen-bond donors (Lipinski definition) is 1. The maximum absolute atomic E-state index is 4.29. The third kappa shape index (κ3) is 3.67. The predicted molar refractivity (Wildman–Crippen MR) is 162 cm³/mol. The first kappa shape index (κ1) is 21.8. The standard InChI is InChI=1S/C36H23N3/c1-5-23(29-9-3-13-37-21-29)15-25(7-1)31-17-27-11-12-28-18-32(20-34-36(28)35(27)33(19-31)39-34)26-8-2-6-24(16-26)30-10-4-14-38-22-30/h1-22,39H. The molecule has 5 aromatic carbocycles. The van der Waals surface area contributed by atoms with Gasteiger partial charge < -0.3 is 4.98 Å². The van der Waals surface area contributed by atoms with Crippen LogP contribution in [0.15, 0.2) is 134 Å². The molecule has 3 aromatic heterocycles. The van der Waals surface area contributed by atoms with Gasteiger partial charge in [-0.05, 0) is 92.7 Å². The van der Waals surface area contributed by atoms with Crippen LogP contribution in [-0.2, 0) is 0 Å². The van der Waals surface area contributed by atoms with Crippen molar-refractivity contribution in [2.75, 3.05) is 0 Å². The summed E-state index contributed by atoms with van der Waals surface area (Å²) in [5.74, 6) is 0. The van der Waals surface area contributed by atoms with E-state index in [1.165, 1.54) is 54.9 Å². The molecule has 3 heteroatoms. The molecule has 8 aromatic rings. The quantitative estimate of drug-likeness (QED) is 0.246. The first-order valence-corrected chi connectivity index (χ1v) is 13.1. The maximum Gasteiger partial charge on any atom is 0.0477 e. The Labute approximate surface area is 225 Å². The number of nitrogens with one attached hydrogen (secondary N) is 1. The van der Waals surface area contributed by atoms with Crippen LogP contribution in [0.3, 0.4) is 0 Å². The highest BCUT2D eigenvalue weighted by Crippen LogP contribution is 2.40. The van der Waals surface area contributed by atoms with Gasteiger partial charge in [0.2, 0.25) is 0 Å². The Kier molecular flexibility index (Phi) is 4.82. The van der Waals surface area contributed by atoms with Crippen LogP contribution in [0.2, 0.25) is 0 Å². The molecule has 39 heavy (non-hydrogen) atoms. The zero-order valence-corrected chi connectivity index (χ0v) is 21.1. The SMILES string of the molecule is c1cncc(-c2cccc(-c3cc4ccc5cc(-c6cccc(-c7cccnc7)c6)cc6[nH]c(c3)c4c56)c2)c1. The number of benzene rings is 5. The van der Waals surface area contributed by atoms with Gasteiger partial charge in [0.15, 0.2) is 0 Å². The Hall–Kier alpha value is -5.28. The van der Waals surface area contributed by atoms with E-state index in [0.29, 0.717) is 0 Å². The monoisotopic (exact) mass is 497 g/mol. The second kappa shape index (κ2) is 8.64. The van der Waals surface area contributed by atoms with Crippen LogP contribution in [0.1, 0.15) is 0 Å². The second-order valence-electron chi connectivity index (χ2n) is 10.1. The molecule has 182 valence electrons. The summed E-state index contributed by atoms with van der Waals surface area (Å²) >= 11 is 0. The number of H-pyrrole nitrogens is 1. The molecule has 3 nitrogen and oxygen atoms in total. The maximum atomic E-state index is 4.29. The largest absolute Gasteiger partial charge is 0.354 e. The van der Waals surface area contributed by atoms with Crippen molar-refractivity contribution in [2.24, 2.45) is 0 Å². The molecule has 0 aliphatic heterocycles. The van der Waals surface area contributed by atoms with Gasteiger partial charge >= 0.3 is 0 Å². The minimum Gasteiger partial charge on any atom is -0.354 e. The van der Waals surface area contributed by atoms with Crippen LogP contribution in [0.25, 0.3) is 77.1 Å². The lowest BCUT2D eigenvalue weighted by Crippen LogP contribution is -1.84. The smallest absolute Gasteiger partial charge is 0.0477 e. The van der Waals surface area contributed by atoms with Crippen LogP contribution >= 0.6 is 0 Å². The second-order valence-corrected chi connectivity index (χ2v) is 10.1. The average Bonchev–Trinajstić information content (AvgIpc) is 3.40. The molecule has 0 unspecified atom stereocenters. The molecule has 0 saturated heterocycles. The molecule has 0 aliphatic carbocycles. The highest BCUT2D eigenvalue weighted by molar-refractivity contribution is 6.24. The fourth-order valence-corrected chi connectivity index (χ4v) is 5.83. The van der Waals surface area contributed by atoms with E-state index < -0.39 is 0 Å². The lowest BCUT2D eigenvalue weighted by molar-refractivity contribution is 1.33. The summed E-state index contributed by atoms with van der Waals surface area (Å²) in [5.41, 5.74) is 11.7. The Morgan fingerprint density at radius 1 is 0.385 bits per heavy atom. The Morgan fingerprint density at radius 2 is 0.821 bits per heavy atom. The van der Waals surface area contributed by atoms with Crippen molar-refractivity contribution in [3.8, 4) is 44.5 Å². The van der Waals surface area contributed by atoms with Crippen LogP contribution < -0.4 is 0 Å². The van der Waals surface area contributed by atoms with Crippen LogP contribution in [0, 0.1) is 0 Å². The highest BCUT2D eigenvalue weighted by Gasteiger charge is 2.15. The van der Waals surface area contributed by atoms with Gasteiger partial charge in [0.05, 0.1) is 0 Å². The van der Waals surface area contributed by atoms with E-state index in [2.05, 4.69) is 112 Å². The van der Waals surface area contributed by atoms with Crippen LogP contribution in [0.4, 0.5) is 0 Å². The van der Waals surface area contributed by atoms with E-state index in [1.54, 1.807) is 0 Å². The van der Waals surface area contributed by atoms with Crippen molar-refractivity contribution in [3.63, 3.8) is 0 Å². The predicted octanol–water partition coefficient (Wildman–Crippen LogP) is 9.37. The molecule has 0 bridgehead atoms. The fraction of sp³-hybridized carbons (Fsp3) is 0. The minimum atomic E-state index is 1.12. The molecular weight excluding hydrogens is 474 g/mol. The first-order chi connectivity index (χ1) is 19.3. The normalized spacial score (nSPS) is 11.6. The highest BCUT2D eigenvalue weighted by atomic mass is 14.7. The lowest BCUT2D eigenvalue weighted by Gasteiger charge is -2.10. The summed E-state index contributed by atoms with van der Waals surface area (Å²) in [4.78, 5) is 12.3. The van der Waals surface area contributed by atoms with Gasteiger partial charge in [-0.3, -0.25) is 9.97 Å². The molecular formula is C36H23N3. The number of rotatable bonds is 4. The van der Waals surface area contributed by atoms with E-state index in [9.17, 15) is 0 Å². The topological polar surface area (TPSA) is 41.6 Å². The zero-order chi connectivity index (χ0) is 25.8. The third-order valence-corrected chi connectivity index (χ3v) is 7.68. The number of pyridine rings is 2. The molecule has 0 fully saturated rings. The summed E-state index contributed by atoms with van der Waals surface area (Å²) in [6.45, 7) is 0. The summed E-state index contributed by atoms with van der Waals surface area (Å²) in [6, 6.07) is 39.2.